The van der Waals surface area contributed by atoms with Gasteiger partial charge in [0, 0.05) is 0 Å². The number of hydrogen-bond acceptors (Lipinski definition) is 3. The van der Waals surface area contributed by atoms with Crippen molar-refractivity contribution in [2.45, 2.75) is 0 Å². The van der Waals surface area contributed by atoms with Gasteiger partial charge in [-0.25, -0.2) is 8.42 Å². The Bertz CT molecular complexity index is 219. The minimum absolute atomic E-state index is 0.0985. The van der Waals surface area contributed by atoms with E-state index in [0.717, 1.165) is 0 Å². The van der Waals surface area contributed by atoms with Gasteiger partial charge in [0.2, 0.25) is 0 Å². The van der Waals surface area contributed by atoms with Gasteiger partial charge in [0.1, 0.15) is 6.20 Å². The van der Waals surface area contributed by atoms with E-state index in [4.69, 9.17) is 0 Å². The molecule has 6 heteroatoms. The topological polar surface area (TPSA) is 73.7 Å². The summed E-state index contributed by atoms with van der Waals surface area (Å²) in [7, 11) is -3.32. The van der Waals surface area contributed by atoms with Crippen LogP contribution in [-0.4, -0.2) is 14.2 Å². The van der Waals surface area contributed by atoms with E-state index in [9.17, 15) is 13.6 Å². The Labute approximate surface area is 52.6 Å². The minimum Gasteiger partial charge on any atom is -0.608 e. The summed E-state index contributed by atoms with van der Waals surface area (Å²) in [6, 6.07) is 0. The summed E-state index contributed by atoms with van der Waals surface area (Å²) in [4.78, 5) is 1.80. The third-order valence-electron chi connectivity index (χ3n) is 0.841. The zero-order valence-corrected chi connectivity index (χ0v) is 5.31. The summed E-state index contributed by atoms with van der Waals surface area (Å²) in [6.45, 7) is 0. The molecular weight excluding hydrogens is 144 g/mol. The van der Waals surface area contributed by atoms with Gasteiger partial charge in [-0.3, -0.25) is 5.17 Å². The first kappa shape index (κ1) is 6.69. The van der Waals surface area contributed by atoms with Gasteiger partial charge in [0.25, 0.3) is 10.0 Å². The molecule has 5 nitrogen and oxygen atoms in total. The lowest BCUT2D eigenvalue weighted by molar-refractivity contribution is -0.826. The van der Waals surface area contributed by atoms with Crippen LogP contribution in [0.2, 0.25) is 0 Å². The van der Waals surface area contributed by atoms with E-state index >= 15 is 0 Å². The molecular formula is C3H6N2O3S. The van der Waals surface area contributed by atoms with Crippen LogP contribution < -0.4 is 10.0 Å². The Hall–Kier alpha value is -0.430. The molecule has 1 atom stereocenters. The van der Waals surface area contributed by atoms with E-state index in [-0.39, 0.29) is 5.75 Å². The van der Waals surface area contributed by atoms with E-state index in [1.54, 1.807) is 4.83 Å². The number of quaternary nitrogens is 1. The fourth-order valence-corrected chi connectivity index (χ4v) is 1.32. The summed E-state index contributed by atoms with van der Waals surface area (Å²) in [5.74, 6) is -0.0985. The monoisotopic (exact) mass is 150 g/mol. The average Bonchev–Trinajstić information content (AvgIpc) is 1.60. The quantitative estimate of drug-likeness (QED) is 0.382. The van der Waals surface area contributed by atoms with E-state index in [1.807, 2.05) is 0 Å². The van der Waals surface area contributed by atoms with Gasteiger partial charge < -0.3 is 5.21 Å². The Morgan fingerprint density at radius 1 is 1.67 bits per heavy atom. The van der Waals surface area contributed by atoms with Crippen LogP contribution in [0.1, 0.15) is 0 Å². The highest BCUT2D eigenvalue weighted by Gasteiger charge is 2.14. The molecule has 0 aromatic heterocycles. The highest BCUT2D eigenvalue weighted by molar-refractivity contribution is 7.89. The molecule has 0 amide bonds. The van der Waals surface area contributed by atoms with Crippen LogP contribution in [0.25, 0.3) is 0 Å². The predicted molar refractivity (Wildman–Crippen MR) is 30.4 cm³/mol. The highest BCUT2D eigenvalue weighted by Crippen LogP contribution is 1.83. The minimum atomic E-state index is -3.32. The lowest BCUT2D eigenvalue weighted by Gasteiger charge is -2.19. The molecule has 1 rings (SSSR count). The van der Waals surface area contributed by atoms with E-state index in [2.05, 4.69) is 0 Å². The van der Waals surface area contributed by atoms with Crippen LogP contribution in [0, 0.1) is 5.21 Å². The molecule has 1 unspecified atom stereocenters. The second-order valence-electron chi connectivity index (χ2n) is 1.65. The van der Waals surface area contributed by atoms with Crippen molar-refractivity contribution in [2.24, 2.45) is 0 Å². The largest absolute Gasteiger partial charge is 0.608 e. The second kappa shape index (κ2) is 2.07. The number of hydroxylamine groups is 1. The predicted octanol–water partition coefficient (Wildman–Crippen LogP) is -2.27. The molecule has 0 aromatic rings. The summed E-state index contributed by atoms with van der Waals surface area (Å²) < 4.78 is 21.0. The lowest BCUT2D eigenvalue weighted by atomic mass is 10.7. The maximum absolute atomic E-state index is 10.5. The van der Waals surface area contributed by atoms with Gasteiger partial charge in [0.15, 0.2) is 0 Å². The first-order valence-electron chi connectivity index (χ1n) is 2.31. The van der Waals surface area contributed by atoms with Gasteiger partial charge in [0.05, 0.1) is 5.75 Å². The molecule has 2 N–H and O–H groups in total. The van der Waals surface area contributed by atoms with E-state index < -0.39 is 15.2 Å². The molecule has 1 aliphatic heterocycles. The maximum Gasteiger partial charge on any atom is 0.257 e. The van der Waals surface area contributed by atoms with Crippen LogP contribution in [0.5, 0.6) is 0 Å². The van der Waals surface area contributed by atoms with Crippen molar-refractivity contribution in [2.75, 3.05) is 5.75 Å². The van der Waals surface area contributed by atoms with Gasteiger partial charge in [-0.15, -0.1) is 0 Å². The molecule has 0 bridgehead atoms. The Kier molecular flexibility index (Phi) is 1.54. The zero-order valence-electron chi connectivity index (χ0n) is 4.49. The SMILES string of the molecule is O=S1(=O)CC=C[NH+]([O-])N1. The number of hydrogen-bond donors (Lipinski definition) is 2. The van der Waals surface area contributed by atoms with Crippen LogP contribution in [0.3, 0.4) is 0 Å². The first-order valence-corrected chi connectivity index (χ1v) is 3.96. The van der Waals surface area contributed by atoms with Crippen molar-refractivity contribution in [3.8, 4) is 0 Å². The third-order valence-corrected chi connectivity index (χ3v) is 1.98. The molecule has 52 valence electrons. The Balaban J connectivity index is 2.81. The standard InChI is InChI=1S/C3H6N2O3S/c6-5-2-1-3-9(7,8)4-5/h1-2,4-5H,3H2. The molecule has 0 aromatic carbocycles. The summed E-state index contributed by atoms with van der Waals surface area (Å²) in [6.07, 6.45) is 2.51. The summed E-state index contributed by atoms with van der Waals surface area (Å²) in [5.41, 5.74) is 0. The van der Waals surface area contributed by atoms with Gasteiger partial charge in [-0.2, -0.15) is 0 Å². The van der Waals surface area contributed by atoms with Crippen LogP contribution >= 0.6 is 0 Å². The first-order chi connectivity index (χ1) is 4.10. The number of rotatable bonds is 0. The zero-order chi connectivity index (χ0) is 6.91. The summed E-state index contributed by atoms with van der Waals surface area (Å²) in [5, 5.41) is 9.73. The average molecular weight is 150 g/mol. The van der Waals surface area contributed by atoms with Gasteiger partial charge in [-0.05, 0) is 6.08 Å². The third kappa shape index (κ3) is 1.75. The van der Waals surface area contributed by atoms with Crippen LogP contribution in [0.15, 0.2) is 12.3 Å². The van der Waals surface area contributed by atoms with Gasteiger partial charge >= 0.3 is 0 Å². The fourth-order valence-electron chi connectivity index (χ4n) is 0.511. The molecule has 0 saturated carbocycles. The molecule has 0 spiro atoms. The van der Waals surface area contributed by atoms with Crippen molar-refractivity contribution in [1.82, 2.24) is 4.83 Å². The lowest BCUT2D eigenvalue weighted by Crippen LogP contribution is -3.11. The number of sulfonamides is 1. The Morgan fingerprint density at radius 2 is 2.33 bits per heavy atom. The van der Waals surface area contributed by atoms with Crippen molar-refractivity contribution < 1.29 is 13.6 Å². The number of nitrogens with one attached hydrogen (secondary N) is 2. The second-order valence-corrected chi connectivity index (χ2v) is 3.42. The molecule has 0 aliphatic carbocycles. The molecule has 1 aliphatic rings. The Morgan fingerprint density at radius 3 is 2.67 bits per heavy atom. The van der Waals surface area contributed by atoms with E-state index in [0.29, 0.717) is 0 Å². The van der Waals surface area contributed by atoms with Crippen molar-refractivity contribution in [1.29, 1.82) is 0 Å². The van der Waals surface area contributed by atoms with Crippen LogP contribution in [-0.2, 0) is 10.0 Å². The van der Waals surface area contributed by atoms with Crippen LogP contribution in [0.4, 0.5) is 0 Å². The molecule has 0 radical (unpaired) electrons. The molecule has 0 saturated heterocycles. The van der Waals surface area contributed by atoms with Gasteiger partial charge in [-0.1, -0.05) is 4.83 Å². The fraction of sp³-hybridized carbons (Fsp3) is 0.333. The molecule has 1 heterocycles. The van der Waals surface area contributed by atoms with E-state index in [1.165, 1.54) is 12.3 Å². The normalized spacial score (nSPS) is 32.3. The smallest absolute Gasteiger partial charge is 0.257 e. The highest BCUT2D eigenvalue weighted by atomic mass is 32.2. The summed E-state index contributed by atoms with van der Waals surface area (Å²) >= 11 is 0. The van der Waals surface area contributed by atoms with Crippen molar-refractivity contribution in [3.63, 3.8) is 0 Å². The van der Waals surface area contributed by atoms with Crippen molar-refractivity contribution in [3.05, 3.63) is 17.5 Å². The maximum atomic E-state index is 10.5. The molecule has 9 heavy (non-hydrogen) atoms. The molecule has 0 fully saturated rings. The van der Waals surface area contributed by atoms with Crippen molar-refractivity contribution >= 4 is 10.0 Å².